The molecule has 4 aromatic heterocycles. The molecule has 2 bridgehead atoms. The first-order chi connectivity index (χ1) is 21.8. The molecule has 4 aliphatic rings. The highest BCUT2D eigenvalue weighted by Gasteiger charge is 2.72. The fraction of sp³-hybridized carbons (Fsp3) is 0.583. The standard InChI is InChI=1S/C24H30N10O8P2S2/c1-9-12-4-39-44(38,45)42-17-10(2)15(33-7-29-13-18(25)27-6-28-19(13)33)11-3-24(11,17)5-40-43(36,37)41-16(9)22(46-12)34-8-30-14-20(34)31-23(26)32-21(14)35/h6-12,15-17,22H,3-5H2,1-2H3,(H,36,37)(H,38,45)(H2,25,27,28)(H3,26,31,32,35)/t9-,10+,11-,12-,15+,16-,17+,22-,24?,44?/m1/s1. The third-order valence-electron chi connectivity index (χ3n) is 9.71. The number of phosphoric ester groups is 1. The molecule has 2 saturated heterocycles. The van der Waals surface area contributed by atoms with E-state index in [1.807, 2.05) is 18.4 Å². The number of H-pyrrole nitrogens is 1. The molecular formula is C24H30N10O8P2S2. The van der Waals surface area contributed by atoms with Gasteiger partial charge in [0.25, 0.3) is 5.56 Å². The summed E-state index contributed by atoms with van der Waals surface area (Å²) in [6, 6.07) is -0.233. The quantitative estimate of drug-likeness (QED) is 0.185. The molecule has 46 heavy (non-hydrogen) atoms. The molecule has 0 amide bonds. The van der Waals surface area contributed by atoms with Crippen molar-refractivity contribution in [3.8, 4) is 0 Å². The highest BCUT2D eigenvalue weighted by atomic mass is 32.5. The monoisotopic (exact) mass is 712 g/mol. The lowest BCUT2D eigenvalue weighted by molar-refractivity contribution is 0.0238. The van der Waals surface area contributed by atoms with Crippen LogP contribution in [0.5, 0.6) is 0 Å². The Bertz CT molecular complexity index is 2040. The molecule has 6 heterocycles. The van der Waals surface area contributed by atoms with Crippen molar-refractivity contribution < 1.29 is 32.4 Å². The summed E-state index contributed by atoms with van der Waals surface area (Å²) in [6.07, 6.45) is 3.35. The van der Waals surface area contributed by atoms with Crippen molar-refractivity contribution in [1.29, 1.82) is 0 Å². The molecule has 246 valence electrons. The normalized spacial score (nSPS) is 41.0. The van der Waals surface area contributed by atoms with Gasteiger partial charge in [-0.1, -0.05) is 13.8 Å². The SMILES string of the molecule is C[C@H]1[C@H]2OP(=O)(O)OCC34C[C@@H]3[C@@H](n3cnc5c(N)ncnc53)[C@H](C)[C@@H]4OP(O)(=S)OC[C@H]1S[C@H]2n1cnc2c(=O)[nH]c(N)nc21. The summed E-state index contributed by atoms with van der Waals surface area (Å²) in [5, 5.41) is -1.07. The van der Waals surface area contributed by atoms with Crippen molar-refractivity contribution in [3.05, 3.63) is 29.3 Å². The Balaban J connectivity index is 1.14. The van der Waals surface area contributed by atoms with Gasteiger partial charge in [0.05, 0.1) is 32.0 Å². The molecule has 7 N–H and O–H groups in total. The first-order valence-electron chi connectivity index (χ1n) is 14.4. The number of phosphoric acid groups is 1. The molecule has 1 spiro atoms. The Morgan fingerprint density at radius 2 is 1.83 bits per heavy atom. The van der Waals surface area contributed by atoms with Crippen molar-refractivity contribution in [2.24, 2.45) is 23.2 Å². The summed E-state index contributed by atoms with van der Waals surface area (Å²) in [5.74, 6) is -0.642. The van der Waals surface area contributed by atoms with Gasteiger partial charge >= 0.3 is 14.5 Å². The number of thioether (sulfide) groups is 1. The van der Waals surface area contributed by atoms with Gasteiger partial charge in [0.2, 0.25) is 5.95 Å². The Morgan fingerprint density at radius 1 is 1.07 bits per heavy atom. The van der Waals surface area contributed by atoms with E-state index >= 15 is 0 Å². The number of anilines is 2. The highest BCUT2D eigenvalue weighted by Crippen LogP contribution is 2.74. The van der Waals surface area contributed by atoms with Gasteiger partial charge in [-0.05, 0) is 30.1 Å². The number of nitrogen functional groups attached to an aromatic ring is 2. The van der Waals surface area contributed by atoms with Crippen LogP contribution in [0.3, 0.4) is 0 Å². The lowest BCUT2D eigenvalue weighted by Crippen LogP contribution is -2.32. The average molecular weight is 713 g/mol. The Hall–Kier alpha value is -2.51. The number of nitrogens with zero attached hydrogens (tertiary/aromatic N) is 7. The van der Waals surface area contributed by atoms with Crippen LogP contribution < -0.4 is 17.0 Å². The number of nitrogens with two attached hydrogens (primary N) is 2. The first kappa shape index (κ1) is 30.8. The van der Waals surface area contributed by atoms with E-state index in [1.165, 1.54) is 24.4 Å². The summed E-state index contributed by atoms with van der Waals surface area (Å²) in [4.78, 5) is 58.6. The molecule has 8 rings (SSSR count). The molecule has 2 aliphatic heterocycles. The first-order valence-corrected chi connectivity index (χ1v) is 19.4. The minimum Gasteiger partial charge on any atom is -0.382 e. The highest BCUT2D eigenvalue weighted by molar-refractivity contribution is 8.07. The second-order valence-electron chi connectivity index (χ2n) is 12.3. The van der Waals surface area contributed by atoms with Crippen molar-refractivity contribution >= 4 is 72.2 Å². The van der Waals surface area contributed by atoms with Crippen LogP contribution in [0.4, 0.5) is 11.8 Å². The van der Waals surface area contributed by atoms with Crippen LogP contribution in [0.1, 0.15) is 31.7 Å². The lowest BCUT2D eigenvalue weighted by Gasteiger charge is -2.32. The summed E-state index contributed by atoms with van der Waals surface area (Å²) in [7, 11) is -4.69. The molecule has 11 atom stereocenters. The minimum absolute atomic E-state index is 0.0430. The molecule has 2 aliphatic carbocycles. The molecule has 22 heteroatoms. The van der Waals surface area contributed by atoms with Crippen LogP contribution in [-0.4, -0.2) is 79.5 Å². The van der Waals surface area contributed by atoms with Crippen molar-refractivity contribution in [2.75, 3.05) is 24.7 Å². The number of aromatic nitrogens is 8. The van der Waals surface area contributed by atoms with Gasteiger partial charge in [0, 0.05) is 22.6 Å². The number of aromatic amines is 1. The number of hydrogen-bond donors (Lipinski definition) is 5. The Kier molecular flexibility index (Phi) is 7.03. The summed E-state index contributed by atoms with van der Waals surface area (Å²) >= 11 is 6.87. The van der Waals surface area contributed by atoms with E-state index in [0.29, 0.717) is 17.6 Å². The smallest absolute Gasteiger partial charge is 0.382 e. The van der Waals surface area contributed by atoms with Crippen molar-refractivity contribution in [1.82, 2.24) is 39.0 Å². The molecular weight excluding hydrogens is 682 g/mol. The lowest BCUT2D eigenvalue weighted by atomic mass is 9.94. The van der Waals surface area contributed by atoms with E-state index < -0.39 is 49.0 Å². The predicted octanol–water partition coefficient (Wildman–Crippen LogP) is 1.71. The van der Waals surface area contributed by atoms with Crippen molar-refractivity contribution in [3.63, 3.8) is 0 Å². The maximum atomic E-state index is 13.7. The Morgan fingerprint density at radius 3 is 2.63 bits per heavy atom. The van der Waals surface area contributed by atoms with Gasteiger partial charge in [-0.25, -0.2) is 24.5 Å². The van der Waals surface area contributed by atoms with Gasteiger partial charge in [-0.15, -0.1) is 11.8 Å². The fourth-order valence-corrected chi connectivity index (χ4v) is 11.9. The zero-order valence-corrected chi connectivity index (χ0v) is 27.7. The third-order valence-corrected chi connectivity index (χ3v) is 13.9. The average Bonchev–Trinajstić information content (AvgIpc) is 3.26. The molecule has 3 unspecified atom stereocenters. The fourth-order valence-electron chi connectivity index (χ4n) is 7.46. The largest absolute Gasteiger partial charge is 0.472 e. The summed E-state index contributed by atoms with van der Waals surface area (Å²) in [6.45, 7) is -0.306. The summed E-state index contributed by atoms with van der Waals surface area (Å²) in [5.41, 5.74) is 11.7. The van der Waals surface area contributed by atoms with E-state index in [0.717, 1.165) is 0 Å². The van der Waals surface area contributed by atoms with Gasteiger partial charge in [-0.3, -0.25) is 23.4 Å². The zero-order valence-electron chi connectivity index (χ0n) is 24.3. The number of hydrogen-bond acceptors (Lipinski definition) is 15. The van der Waals surface area contributed by atoms with Crippen LogP contribution >= 0.6 is 26.3 Å². The van der Waals surface area contributed by atoms with Gasteiger partial charge in [0.15, 0.2) is 22.6 Å². The molecule has 4 aromatic rings. The number of rotatable bonds is 2. The Labute approximate surface area is 269 Å². The second kappa shape index (κ2) is 10.5. The molecule has 0 radical (unpaired) electrons. The molecule has 18 nitrogen and oxygen atoms in total. The molecule has 4 fully saturated rings. The van der Waals surface area contributed by atoms with Crippen LogP contribution in [-0.2, 0) is 34.5 Å². The number of nitrogens with one attached hydrogen (secondary N) is 1. The minimum atomic E-state index is -4.69. The third kappa shape index (κ3) is 4.76. The topological polar surface area (TPSA) is 254 Å². The molecule has 2 saturated carbocycles. The van der Waals surface area contributed by atoms with Gasteiger partial charge < -0.3 is 34.9 Å². The second-order valence-corrected chi connectivity index (χ2v) is 17.8. The van der Waals surface area contributed by atoms with E-state index in [9.17, 15) is 19.1 Å². The zero-order chi connectivity index (χ0) is 32.3. The van der Waals surface area contributed by atoms with Crippen LogP contribution in [0.25, 0.3) is 22.3 Å². The van der Waals surface area contributed by atoms with Gasteiger partial charge in [-0.2, -0.15) is 4.98 Å². The van der Waals surface area contributed by atoms with E-state index in [2.05, 4.69) is 29.9 Å². The molecule has 0 aromatic carbocycles. The van der Waals surface area contributed by atoms with Gasteiger partial charge in [0.1, 0.15) is 23.3 Å². The van der Waals surface area contributed by atoms with E-state index in [-0.39, 0.29) is 59.3 Å². The maximum Gasteiger partial charge on any atom is 0.472 e. The predicted molar refractivity (Wildman–Crippen MR) is 169 cm³/mol. The number of imidazole rings is 2. The van der Waals surface area contributed by atoms with E-state index in [1.54, 1.807) is 10.9 Å². The maximum absolute atomic E-state index is 13.7. The van der Waals surface area contributed by atoms with Crippen LogP contribution in [0.15, 0.2) is 23.8 Å². The van der Waals surface area contributed by atoms with Crippen LogP contribution in [0.2, 0.25) is 0 Å². The van der Waals surface area contributed by atoms with E-state index in [4.69, 9.17) is 41.4 Å². The van der Waals surface area contributed by atoms with Crippen LogP contribution in [0, 0.1) is 23.2 Å². The number of fused-ring (bicyclic) bond motifs is 4. The summed E-state index contributed by atoms with van der Waals surface area (Å²) < 4.78 is 41.0. The van der Waals surface area contributed by atoms with Crippen molar-refractivity contribution in [2.45, 2.75) is 49.1 Å².